The molecule has 0 aromatic heterocycles. The highest BCUT2D eigenvalue weighted by Crippen LogP contribution is 2.65. The fourth-order valence-corrected chi connectivity index (χ4v) is 7.25. The topological polar surface area (TPSA) is 60.4 Å². The van der Waals surface area contributed by atoms with E-state index in [0.717, 1.165) is 44.9 Å². The van der Waals surface area contributed by atoms with Gasteiger partial charge in [0.25, 0.3) is 0 Å². The maximum atomic E-state index is 12.4. The molecule has 4 nitrogen and oxygen atoms in total. The number of rotatable bonds is 3. The number of ketones is 2. The lowest BCUT2D eigenvalue weighted by Gasteiger charge is -2.56. The standard InChI is InChI=1S/C23H32O4/c1-14(24)19-6-7-21-18-5-4-16-12-17(26)8-10-22(16,3)20(18)9-11-23(19,21)13-27-15(2)25/h9,16,18-19,21H,4-8,10-13H2,1-3H3. The lowest BCUT2D eigenvalue weighted by molar-refractivity contribution is -0.150. The minimum Gasteiger partial charge on any atom is -0.465 e. The van der Waals surface area contributed by atoms with E-state index in [1.807, 2.05) is 0 Å². The highest BCUT2D eigenvalue weighted by molar-refractivity contribution is 5.80. The SMILES string of the molecule is CC(=O)OCC12CC=C3C(CCC4CC(=O)CCC34C)C1CCC2C(C)=O. The Labute approximate surface area is 162 Å². The second-order valence-electron chi connectivity index (χ2n) is 9.77. The van der Waals surface area contributed by atoms with Crippen LogP contribution >= 0.6 is 0 Å². The normalized spacial score (nSPS) is 43.2. The van der Waals surface area contributed by atoms with Crippen molar-refractivity contribution in [3.8, 4) is 0 Å². The van der Waals surface area contributed by atoms with Gasteiger partial charge in [0.2, 0.25) is 0 Å². The van der Waals surface area contributed by atoms with E-state index in [2.05, 4.69) is 13.0 Å². The summed E-state index contributed by atoms with van der Waals surface area (Å²) in [6.07, 6.45) is 9.82. The quantitative estimate of drug-likeness (QED) is 0.548. The van der Waals surface area contributed by atoms with Gasteiger partial charge in [0.1, 0.15) is 11.6 Å². The van der Waals surface area contributed by atoms with Crippen molar-refractivity contribution in [2.45, 2.75) is 72.1 Å². The van der Waals surface area contributed by atoms with Crippen molar-refractivity contribution < 1.29 is 19.1 Å². The Bertz CT molecular complexity index is 707. The number of ether oxygens (including phenoxy) is 1. The van der Waals surface area contributed by atoms with Crippen LogP contribution in [-0.2, 0) is 19.1 Å². The van der Waals surface area contributed by atoms with Crippen LogP contribution in [0.1, 0.15) is 72.1 Å². The van der Waals surface area contributed by atoms with Crippen molar-refractivity contribution >= 4 is 17.5 Å². The van der Waals surface area contributed by atoms with Gasteiger partial charge in [-0.1, -0.05) is 18.6 Å². The molecule has 0 heterocycles. The van der Waals surface area contributed by atoms with Crippen LogP contribution in [0.25, 0.3) is 0 Å². The highest BCUT2D eigenvalue weighted by atomic mass is 16.5. The summed E-state index contributed by atoms with van der Waals surface area (Å²) in [7, 11) is 0. The number of fused-ring (bicyclic) bond motifs is 5. The molecule has 3 saturated carbocycles. The monoisotopic (exact) mass is 372 g/mol. The smallest absolute Gasteiger partial charge is 0.302 e. The van der Waals surface area contributed by atoms with Gasteiger partial charge in [-0.05, 0) is 68.6 Å². The Balaban J connectivity index is 1.70. The molecule has 0 spiro atoms. The van der Waals surface area contributed by atoms with Crippen LogP contribution in [0.15, 0.2) is 11.6 Å². The predicted octanol–water partition coefficient (Wildman–Crippen LogP) is 4.27. The van der Waals surface area contributed by atoms with E-state index in [1.165, 1.54) is 6.92 Å². The van der Waals surface area contributed by atoms with Crippen molar-refractivity contribution in [1.29, 1.82) is 0 Å². The summed E-state index contributed by atoms with van der Waals surface area (Å²) in [5, 5.41) is 0. The number of Topliss-reactive ketones (excluding diaryl/α,β-unsaturated/α-hetero) is 2. The first kappa shape index (κ1) is 18.9. The fraction of sp³-hybridized carbons (Fsp3) is 0.783. The average Bonchev–Trinajstić information content (AvgIpc) is 3.00. The highest BCUT2D eigenvalue weighted by Gasteiger charge is 2.60. The van der Waals surface area contributed by atoms with Crippen LogP contribution in [0, 0.1) is 34.5 Å². The number of esters is 1. The van der Waals surface area contributed by atoms with Gasteiger partial charge in [0.05, 0.1) is 6.61 Å². The molecule has 4 aliphatic rings. The molecule has 0 saturated heterocycles. The first-order chi connectivity index (χ1) is 12.8. The molecular weight excluding hydrogens is 340 g/mol. The molecule has 148 valence electrons. The molecule has 0 bridgehead atoms. The molecule has 4 heteroatoms. The maximum Gasteiger partial charge on any atom is 0.302 e. The van der Waals surface area contributed by atoms with Crippen LogP contribution in [0.3, 0.4) is 0 Å². The lowest BCUT2D eigenvalue weighted by atomic mass is 9.48. The van der Waals surface area contributed by atoms with E-state index in [-0.39, 0.29) is 28.5 Å². The Morgan fingerprint density at radius 3 is 2.67 bits per heavy atom. The third-order valence-corrected chi connectivity index (χ3v) is 8.60. The maximum absolute atomic E-state index is 12.4. The van der Waals surface area contributed by atoms with Crippen LogP contribution in [-0.4, -0.2) is 24.1 Å². The second kappa shape index (κ2) is 6.56. The van der Waals surface area contributed by atoms with Crippen LogP contribution in [0.4, 0.5) is 0 Å². The van der Waals surface area contributed by atoms with E-state index >= 15 is 0 Å². The number of hydrogen-bond acceptors (Lipinski definition) is 4. The van der Waals surface area contributed by atoms with Gasteiger partial charge in [0, 0.05) is 31.1 Å². The van der Waals surface area contributed by atoms with Gasteiger partial charge >= 0.3 is 5.97 Å². The molecule has 27 heavy (non-hydrogen) atoms. The molecule has 4 aliphatic carbocycles. The number of carbonyl (C=O) groups excluding carboxylic acids is 3. The van der Waals surface area contributed by atoms with Crippen molar-refractivity contribution in [3.05, 3.63) is 11.6 Å². The van der Waals surface area contributed by atoms with Crippen LogP contribution in [0.2, 0.25) is 0 Å². The molecule has 3 fully saturated rings. The first-order valence-corrected chi connectivity index (χ1v) is 10.6. The lowest BCUT2D eigenvalue weighted by Crippen LogP contribution is -2.51. The largest absolute Gasteiger partial charge is 0.465 e. The zero-order chi connectivity index (χ0) is 19.4. The second-order valence-corrected chi connectivity index (χ2v) is 9.77. The van der Waals surface area contributed by atoms with Gasteiger partial charge in [-0.25, -0.2) is 0 Å². The Morgan fingerprint density at radius 2 is 1.96 bits per heavy atom. The van der Waals surface area contributed by atoms with Gasteiger partial charge in [-0.2, -0.15) is 0 Å². The third kappa shape index (κ3) is 2.82. The molecule has 0 radical (unpaired) electrons. The van der Waals surface area contributed by atoms with Crippen molar-refractivity contribution in [2.24, 2.45) is 34.5 Å². The van der Waals surface area contributed by atoms with E-state index in [9.17, 15) is 14.4 Å². The summed E-state index contributed by atoms with van der Waals surface area (Å²) >= 11 is 0. The predicted molar refractivity (Wildman–Crippen MR) is 102 cm³/mol. The Morgan fingerprint density at radius 1 is 1.19 bits per heavy atom. The Kier molecular flexibility index (Phi) is 4.59. The summed E-state index contributed by atoms with van der Waals surface area (Å²) in [4.78, 5) is 36.0. The summed E-state index contributed by atoms with van der Waals surface area (Å²) in [6.45, 7) is 5.90. The van der Waals surface area contributed by atoms with Gasteiger partial charge in [0.15, 0.2) is 0 Å². The van der Waals surface area contributed by atoms with E-state index in [4.69, 9.17) is 4.74 Å². The molecule has 0 aromatic rings. The van der Waals surface area contributed by atoms with Crippen LogP contribution in [0.5, 0.6) is 0 Å². The minimum absolute atomic E-state index is 0.00175. The fourth-order valence-electron chi connectivity index (χ4n) is 7.25. The molecular formula is C23H32O4. The number of allylic oxidation sites excluding steroid dienone is 2. The van der Waals surface area contributed by atoms with E-state index in [1.54, 1.807) is 12.5 Å². The van der Waals surface area contributed by atoms with Crippen molar-refractivity contribution in [3.63, 3.8) is 0 Å². The first-order valence-electron chi connectivity index (χ1n) is 10.6. The third-order valence-electron chi connectivity index (χ3n) is 8.60. The zero-order valence-corrected chi connectivity index (χ0v) is 16.9. The van der Waals surface area contributed by atoms with Crippen molar-refractivity contribution in [2.75, 3.05) is 6.61 Å². The summed E-state index contributed by atoms with van der Waals surface area (Å²) in [5.74, 6) is 1.78. The molecule has 4 rings (SSSR count). The average molecular weight is 373 g/mol. The molecule has 6 unspecified atom stereocenters. The molecule has 0 aromatic carbocycles. The van der Waals surface area contributed by atoms with Gasteiger partial charge in [-0.15, -0.1) is 0 Å². The molecule has 6 atom stereocenters. The number of carbonyl (C=O) groups is 3. The van der Waals surface area contributed by atoms with Crippen LogP contribution < -0.4 is 0 Å². The number of hydrogen-bond donors (Lipinski definition) is 0. The van der Waals surface area contributed by atoms with E-state index < -0.39 is 0 Å². The molecule has 0 N–H and O–H groups in total. The molecule has 0 amide bonds. The summed E-state index contributed by atoms with van der Waals surface area (Å²) in [5.41, 5.74) is 1.47. The van der Waals surface area contributed by atoms with Gasteiger partial charge in [-0.3, -0.25) is 14.4 Å². The molecule has 0 aliphatic heterocycles. The summed E-state index contributed by atoms with van der Waals surface area (Å²) in [6, 6.07) is 0. The Hall–Kier alpha value is -1.45. The van der Waals surface area contributed by atoms with Gasteiger partial charge < -0.3 is 4.74 Å². The summed E-state index contributed by atoms with van der Waals surface area (Å²) < 4.78 is 5.53. The zero-order valence-electron chi connectivity index (χ0n) is 16.9. The van der Waals surface area contributed by atoms with E-state index in [0.29, 0.717) is 36.6 Å². The minimum atomic E-state index is -0.256. The van der Waals surface area contributed by atoms with Crippen molar-refractivity contribution in [1.82, 2.24) is 0 Å².